The zero-order valence-corrected chi connectivity index (χ0v) is 12.2. The Balaban J connectivity index is 2.12. The molecule has 2 unspecified atom stereocenters. The third-order valence-electron chi connectivity index (χ3n) is 4.28. The maximum absolute atomic E-state index is 3.41. The first-order chi connectivity index (χ1) is 8.27. The number of unbranched alkanes of at least 4 members (excludes halogenated alkanes) is 4. The molecule has 102 valence electrons. The van der Waals surface area contributed by atoms with Crippen LogP contribution < -0.4 is 5.32 Å². The highest BCUT2D eigenvalue weighted by Crippen LogP contribution is 2.20. The number of nitrogens with one attached hydrogen (secondary N) is 1. The highest BCUT2D eigenvalue weighted by Gasteiger charge is 2.23. The van der Waals surface area contributed by atoms with Crippen molar-refractivity contribution in [2.45, 2.75) is 64.8 Å². The van der Waals surface area contributed by atoms with E-state index < -0.39 is 0 Å². The first-order valence-electron chi connectivity index (χ1n) is 7.67. The van der Waals surface area contributed by atoms with E-state index in [-0.39, 0.29) is 0 Å². The van der Waals surface area contributed by atoms with Crippen molar-refractivity contribution in [2.75, 3.05) is 26.7 Å². The highest BCUT2D eigenvalue weighted by atomic mass is 15.1. The summed E-state index contributed by atoms with van der Waals surface area (Å²) in [4.78, 5) is 2.69. The molecule has 1 aliphatic heterocycles. The van der Waals surface area contributed by atoms with Gasteiger partial charge in [-0.05, 0) is 52.2 Å². The molecule has 0 saturated carbocycles. The van der Waals surface area contributed by atoms with Crippen LogP contribution in [0.2, 0.25) is 0 Å². The summed E-state index contributed by atoms with van der Waals surface area (Å²) in [5, 5.41) is 3.41. The van der Waals surface area contributed by atoms with Gasteiger partial charge in [0.05, 0.1) is 0 Å². The number of piperidine rings is 1. The summed E-state index contributed by atoms with van der Waals surface area (Å²) in [5.41, 5.74) is 0. The molecule has 1 rings (SSSR count). The number of hydrogen-bond donors (Lipinski definition) is 1. The molecule has 0 radical (unpaired) electrons. The van der Waals surface area contributed by atoms with E-state index in [1.165, 1.54) is 64.6 Å². The van der Waals surface area contributed by atoms with E-state index in [2.05, 4.69) is 31.1 Å². The van der Waals surface area contributed by atoms with Crippen molar-refractivity contribution in [3.05, 3.63) is 0 Å². The predicted molar refractivity (Wildman–Crippen MR) is 76.4 cm³/mol. The van der Waals surface area contributed by atoms with E-state index in [9.17, 15) is 0 Å². The Morgan fingerprint density at radius 1 is 1.24 bits per heavy atom. The Morgan fingerprint density at radius 2 is 2.00 bits per heavy atom. The van der Waals surface area contributed by atoms with Crippen LogP contribution in [0.5, 0.6) is 0 Å². The fourth-order valence-electron chi connectivity index (χ4n) is 2.88. The van der Waals surface area contributed by atoms with E-state index in [4.69, 9.17) is 0 Å². The van der Waals surface area contributed by atoms with Crippen LogP contribution in [0.15, 0.2) is 0 Å². The molecule has 2 heteroatoms. The Labute approximate surface area is 108 Å². The van der Waals surface area contributed by atoms with Crippen LogP contribution in [0.1, 0.15) is 58.8 Å². The first kappa shape index (κ1) is 15.0. The molecule has 0 aliphatic carbocycles. The maximum Gasteiger partial charge on any atom is 0.00762 e. The lowest BCUT2D eigenvalue weighted by Crippen LogP contribution is -2.43. The molecule has 0 amide bonds. The molecular weight excluding hydrogens is 208 g/mol. The van der Waals surface area contributed by atoms with Crippen LogP contribution in [0.25, 0.3) is 0 Å². The molecular formula is C15H32N2. The van der Waals surface area contributed by atoms with Gasteiger partial charge >= 0.3 is 0 Å². The quantitative estimate of drug-likeness (QED) is 0.655. The van der Waals surface area contributed by atoms with Crippen LogP contribution in [-0.2, 0) is 0 Å². The molecule has 0 aromatic heterocycles. The molecule has 2 nitrogen and oxygen atoms in total. The fraction of sp³-hybridized carbons (Fsp3) is 1.00. The summed E-state index contributed by atoms with van der Waals surface area (Å²) in [5.74, 6) is 0.865. The summed E-state index contributed by atoms with van der Waals surface area (Å²) in [7, 11) is 2.09. The summed E-state index contributed by atoms with van der Waals surface area (Å²) >= 11 is 0. The van der Waals surface area contributed by atoms with E-state index in [0.717, 1.165) is 5.92 Å². The average molecular weight is 240 g/mol. The van der Waals surface area contributed by atoms with Crippen LogP contribution >= 0.6 is 0 Å². The van der Waals surface area contributed by atoms with Gasteiger partial charge in [-0.25, -0.2) is 0 Å². The van der Waals surface area contributed by atoms with E-state index in [1.54, 1.807) is 0 Å². The lowest BCUT2D eigenvalue weighted by molar-refractivity contribution is 0.151. The third-order valence-corrected chi connectivity index (χ3v) is 4.28. The van der Waals surface area contributed by atoms with Crippen molar-refractivity contribution in [1.82, 2.24) is 10.2 Å². The van der Waals surface area contributed by atoms with Crippen molar-refractivity contribution in [3.63, 3.8) is 0 Å². The molecule has 1 fully saturated rings. The van der Waals surface area contributed by atoms with Crippen molar-refractivity contribution >= 4 is 0 Å². The molecule has 0 aromatic rings. The van der Waals surface area contributed by atoms with Gasteiger partial charge < -0.3 is 10.2 Å². The molecule has 17 heavy (non-hydrogen) atoms. The fourth-order valence-corrected chi connectivity index (χ4v) is 2.88. The van der Waals surface area contributed by atoms with Crippen LogP contribution in [0.3, 0.4) is 0 Å². The number of likely N-dealkylation sites (tertiary alicyclic amines) is 1. The van der Waals surface area contributed by atoms with Gasteiger partial charge in [-0.2, -0.15) is 0 Å². The number of hydrogen-bond acceptors (Lipinski definition) is 2. The second-order valence-electron chi connectivity index (χ2n) is 5.69. The highest BCUT2D eigenvalue weighted by molar-refractivity contribution is 4.79. The lowest BCUT2D eigenvalue weighted by atomic mass is 9.91. The van der Waals surface area contributed by atoms with Crippen molar-refractivity contribution in [2.24, 2.45) is 5.92 Å². The minimum absolute atomic E-state index is 0.679. The van der Waals surface area contributed by atoms with Crippen LogP contribution in [-0.4, -0.2) is 37.6 Å². The molecule has 1 aliphatic rings. The standard InChI is InChI=1S/C15H32N2/c1-4-5-6-7-8-11-17-12-9-10-15(13-17)14(2)16-3/h14-16H,4-13H2,1-3H3. The molecule has 0 spiro atoms. The molecule has 0 bridgehead atoms. The van der Waals surface area contributed by atoms with Crippen molar-refractivity contribution < 1.29 is 0 Å². The lowest BCUT2D eigenvalue weighted by Gasteiger charge is -2.35. The summed E-state index contributed by atoms with van der Waals surface area (Å²) in [6.07, 6.45) is 9.84. The molecule has 2 atom stereocenters. The van der Waals surface area contributed by atoms with Gasteiger partial charge in [0, 0.05) is 12.6 Å². The molecule has 0 aromatic carbocycles. The van der Waals surface area contributed by atoms with Crippen molar-refractivity contribution in [1.29, 1.82) is 0 Å². The Hall–Kier alpha value is -0.0800. The first-order valence-corrected chi connectivity index (χ1v) is 7.67. The Morgan fingerprint density at radius 3 is 2.71 bits per heavy atom. The van der Waals surface area contributed by atoms with Gasteiger partial charge in [-0.15, -0.1) is 0 Å². The topological polar surface area (TPSA) is 15.3 Å². The van der Waals surface area contributed by atoms with Crippen LogP contribution in [0, 0.1) is 5.92 Å². The summed E-state index contributed by atoms with van der Waals surface area (Å²) in [6.45, 7) is 8.59. The van der Waals surface area contributed by atoms with E-state index in [0.29, 0.717) is 6.04 Å². The monoisotopic (exact) mass is 240 g/mol. The van der Waals surface area contributed by atoms with Gasteiger partial charge in [0.15, 0.2) is 0 Å². The second-order valence-corrected chi connectivity index (χ2v) is 5.69. The molecule has 1 saturated heterocycles. The second kappa shape index (κ2) is 8.93. The minimum atomic E-state index is 0.679. The Bertz CT molecular complexity index is 182. The van der Waals surface area contributed by atoms with E-state index >= 15 is 0 Å². The zero-order valence-electron chi connectivity index (χ0n) is 12.2. The van der Waals surface area contributed by atoms with Gasteiger partial charge in [0.1, 0.15) is 0 Å². The normalized spacial score (nSPS) is 23.8. The van der Waals surface area contributed by atoms with Crippen LogP contribution in [0.4, 0.5) is 0 Å². The smallest absolute Gasteiger partial charge is 0.00762 e. The summed E-state index contributed by atoms with van der Waals surface area (Å²) < 4.78 is 0. The van der Waals surface area contributed by atoms with Gasteiger partial charge in [0.2, 0.25) is 0 Å². The number of rotatable bonds is 8. The van der Waals surface area contributed by atoms with Gasteiger partial charge in [-0.1, -0.05) is 32.6 Å². The summed E-state index contributed by atoms with van der Waals surface area (Å²) in [6, 6.07) is 0.679. The average Bonchev–Trinajstić information content (AvgIpc) is 2.38. The largest absolute Gasteiger partial charge is 0.317 e. The van der Waals surface area contributed by atoms with Gasteiger partial charge in [-0.3, -0.25) is 0 Å². The predicted octanol–water partition coefficient (Wildman–Crippen LogP) is 3.28. The maximum atomic E-state index is 3.41. The minimum Gasteiger partial charge on any atom is -0.317 e. The molecule has 1 heterocycles. The number of nitrogens with zero attached hydrogens (tertiary/aromatic N) is 1. The van der Waals surface area contributed by atoms with E-state index in [1.807, 2.05) is 0 Å². The van der Waals surface area contributed by atoms with Gasteiger partial charge in [0.25, 0.3) is 0 Å². The molecule has 1 N–H and O–H groups in total. The Kier molecular flexibility index (Phi) is 7.87. The van der Waals surface area contributed by atoms with Crippen molar-refractivity contribution in [3.8, 4) is 0 Å². The SMILES string of the molecule is CCCCCCCN1CCCC(C(C)NC)C1. The zero-order chi connectivity index (χ0) is 12.5. The third kappa shape index (κ3) is 5.87.